The molecule has 4 heteroatoms. The summed E-state index contributed by atoms with van der Waals surface area (Å²) in [5, 5.41) is 3.12. The standard InChI is InChI=1S/C20H24BrNO2/c1-3-5-13-24-19-12-11-16(21)14-17(19)20(23)22-18(4-2)15-9-7-6-8-10-15/h6-12,14,18H,3-5,13H2,1-2H3,(H,22,23). The van der Waals surface area contributed by atoms with Crippen LogP contribution in [0.4, 0.5) is 0 Å². The molecule has 0 saturated carbocycles. The van der Waals surface area contributed by atoms with Crippen LogP contribution in [0.25, 0.3) is 0 Å². The number of amides is 1. The number of nitrogens with one attached hydrogen (secondary N) is 1. The van der Waals surface area contributed by atoms with E-state index in [1.54, 1.807) is 0 Å². The van der Waals surface area contributed by atoms with Crippen LogP contribution < -0.4 is 10.1 Å². The minimum Gasteiger partial charge on any atom is -0.493 e. The van der Waals surface area contributed by atoms with Gasteiger partial charge in [0.15, 0.2) is 0 Å². The SMILES string of the molecule is CCCCOc1ccc(Br)cc1C(=O)NC(CC)c1ccccc1. The molecule has 1 atom stereocenters. The molecule has 128 valence electrons. The van der Waals surface area contributed by atoms with E-state index in [2.05, 4.69) is 35.1 Å². The molecule has 0 aromatic heterocycles. The van der Waals surface area contributed by atoms with Crippen molar-refractivity contribution < 1.29 is 9.53 Å². The molecule has 0 heterocycles. The zero-order valence-electron chi connectivity index (χ0n) is 14.2. The van der Waals surface area contributed by atoms with Crippen LogP contribution in [0.3, 0.4) is 0 Å². The highest BCUT2D eigenvalue weighted by Crippen LogP contribution is 2.25. The van der Waals surface area contributed by atoms with Gasteiger partial charge in [-0.25, -0.2) is 0 Å². The Balaban J connectivity index is 2.17. The van der Waals surface area contributed by atoms with Crippen molar-refractivity contribution in [2.45, 2.75) is 39.2 Å². The lowest BCUT2D eigenvalue weighted by Gasteiger charge is -2.19. The molecule has 1 N–H and O–H groups in total. The van der Waals surface area contributed by atoms with Crippen LogP contribution in [-0.4, -0.2) is 12.5 Å². The van der Waals surface area contributed by atoms with Crippen molar-refractivity contribution in [2.24, 2.45) is 0 Å². The predicted molar refractivity (Wildman–Crippen MR) is 101 cm³/mol. The minimum absolute atomic E-state index is 0.0128. The lowest BCUT2D eigenvalue weighted by atomic mass is 10.0. The molecule has 3 nitrogen and oxygen atoms in total. The molecule has 1 amide bonds. The van der Waals surface area contributed by atoms with E-state index in [-0.39, 0.29) is 11.9 Å². The number of carbonyl (C=O) groups is 1. The van der Waals surface area contributed by atoms with E-state index in [1.165, 1.54) is 0 Å². The molecule has 2 aromatic rings. The smallest absolute Gasteiger partial charge is 0.255 e. The van der Waals surface area contributed by atoms with Crippen molar-refractivity contribution in [1.29, 1.82) is 0 Å². The predicted octanol–water partition coefficient (Wildman–Crippen LogP) is 5.51. The highest BCUT2D eigenvalue weighted by atomic mass is 79.9. The third-order valence-electron chi connectivity index (χ3n) is 3.86. The van der Waals surface area contributed by atoms with Gasteiger partial charge in [0.1, 0.15) is 5.75 Å². The summed E-state index contributed by atoms with van der Waals surface area (Å²) >= 11 is 3.44. The molecule has 0 saturated heterocycles. The number of carbonyl (C=O) groups excluding carboxylic acids is 1. The van der Waals surface area contributed by atoms with E-state index in [1.807, 2.05) is 48.5 Å². The maximum absolute atomic E-state index is 12.8. The number of hydrogen-bond acceptors (Lipinski definition) is 2. The average molecular weight is 390 g/mol. The molecule has 0 fully saturated rings. The van der Waals surface area contributed by atoms with E-state index in [9.17, 15) is 4.79 Å². The summed E-state index contributed by atoms with van der Waals surface area (Å²) in [5.74, 6) is 0.519. The lowest BCUT2D eigenvalue weighted by molar-refractivity contribution is 0.0931. The summed E-state index contributed by atoms with van der Waals surface area (Å²) in [5.41, 5.74) is 1.67. The van der Waals surface area contributed by atoms with Crippen LogP contribution in [0.1, 0.15) is 55.1 Å². The molecule has 0 aliphatic rings. The third kappa shape index (κ3) is 5.10. The Bertz CT molecular complexity index is 658. The number of benzene rings is 2. The summed E-state index contributed by atoms with van der Waals surface area (Å²) in [6, 6.07) is 15.6. The first-order chi connectivity index (χ1) is 11.7. The van der Waals surface area contributed by atoms with Gasteiger partial charge < -0.3 is 10.1 Å². The van der Waals surface area contributed by atoms with Crippen LogP contribution in [0.2, 0.25) is 0 Å². The first-order valence-corrected chi connectivity index (χ1v) is 9.23. The van der Waals surface area contributed by atoms with Crippen LogP contribution in [0.15, 0.2) is 53.0 Å². The second-order valence-electron chi connectivity index (χ2n) is 5.69. The van der Waals surface area contributed by atoms with Gasteiger partial charge in [-0.05, 0) is 36.6 Å². The van der Waals surface area contributed by atoms with Crippen molar-refractivity contribution in [1.82, 2.24) is 5.32 Å². The second-order valence-corrected chi connectivity index (χ2v) is 6.60. The van der Waals surface area contributed by atoms with E-state index >= 15 is 0 Å². The number of halogens is 1. The summed E-state index contributed by atoms with van der Waals surface area (Å²) in [4.78, 5) is 12.8. The monoisotopic (exact) mass is 389 g/mol. The summed E-state index contributed by atoms with van der Waals surface area (Å²) < 4.78 is 6.66. The van der Waals surface area contributed by atoms with Gasteiger partial charge >= 0.3 is 0 Å². The fraction of sp³-hybridized carbons (Fsp3) is 0.350. The summed E-state index contributed by atoms with van der Waals surface area (Å²) in [6.07, 6.45) is 2.86. The zero-order chi connectivity index (χ0) is 17.4. The van der Waals surface area contributed by atoms with E-state index < -0.39 is 0 Å². The molecule has 2 aromatic carbocycles. The van der Waals surface area contributed by atoms with E-state index in [0.29, 0.717) is 17.9 Å². The average Bonchev–Trinajstić information content (AvgIpc) is 2.61. The molecule has 0 spiro atoms. The van der Waals surface area contributed by atoms with Crippen LogP contribution in [0, 0.1) is 0 Å². The Morgan fingerprint density at radius 1 is 1.17 bits per heavy atom. The number of ether oxygens (including phenoxy) is 1. The van der Waals surface area contributed by atoms with Gasteiger partial charge in [0.2, 0.25) is 0 Å². The Kier molecular flexibility index (Phi) is 7.32. The van der Waals surface area contributed by atoms with E-state index in [4.69, 9.17) is 4.74 Å². The third-order valence-corrected chi connectivity index (χ3v) is 4.35. The second kappa shape index (κ2) is 9.48. The molecule has 24 heavy (non-hydrogen) atoms. The molecule has 2 rings (SSSR count). The maximum atomic E-state index is 12.8. The number of hydrogen-bond donors (Lipinski definition) is 1. The fourth-order valence-corrected chi connectivity index (χ4v) is 2.84. The number of unbranched alkanes of at least 4 members (excludes halogenated alkanes) is 1. The lowest BCUT2D eigenvalue weighted by Crippen LogP contribution is -2.28. The Hall–Kier alpha value is -1.81. The molecule has 0 aliphatic carbocycles. The van der Waals surface area contributed by atoms with Gasteiger partial charge in [0, 0.05) is 4.47 Å². The van der Waals surface area contributed by atoms with Gasteiger partial charge in [-0.3, -0.25) is 4.79 Å². The minimum atomic E-state index is -0.112. The summed E-state index contributed by atoms with van der Waals surface area (Å²) in [7, 11) is 0. The molecular formula is C20H24BrNO2. The fourth-order valence-electron chi connectivity index (χ4n) is 2.47. The maximum Gasteiger partial charge on any atom is 0.255 e. The summed E-state index contributed by atoms with van der Waals surface area (Å²) in [6.45, 7) is 4.80. The Morgan fingerprint density at radius 2 is 1.92 bits per heavy atom. The van der Waals surface area contributed by atoms with Crippen LogP contribution >= 0.6 is 15.9 Å². The first kappa shape index (κ1) is 18.5. The van der Waals surface area contributed by atoms with Crippen LogP contribution in [0.5, 0.6) is 5.75 Å². The van der Waals surface area contributed by atoms with Gasteiger partial charge in [-0.2, -0.15) is 0 Å². The molecule has 0 radical (unpaired) electrons. The Labute approximate surface area is 152 Å². The molecular weight excluding hydrogens is 366 g/mol. The van der Waals surface area contributed by atoms with Gasteiger partial charge in [-0.1, -0.05) is 66.5 Å². The highest BCUT2D eigenvalue weighted by molar-refractivity contribution is 9.10. The number of rotatable bonds is 8. The van der Waals surface area contributed by atoms with Gasteiger partial charge in [0.25, 0.3) is 5.91 Å². The van der Waals surface area contributed by atoms with Gasteiger partial charge in [0.05, 0.1) is 18.2 Å². The first-order valence-electron chi connectivity index (χ1n) is 8.43. The van der Waals surface area contributed by atoms with Crippen molar-refractivity contribution in [2.75, 3.05) is 6.61 Å². The van der Waals surface area contributed by atoms with Crippen molar-refractivity contribution in [3.63, 3.8) is 0 Å². The zero-order valence-corrected chi connectivity index (χ0v) is 15.8. The van der Waals surface area contributed by atoms with Gasteiger partial charge in [-0.15, -0.1) is 0 Å². The van der Waals surface area contributed by atoms with Crippen LogP contribution in [-0.2, 0) is 0 Å². The molecule has 0 bridgehead atoms. The van der Waals surface area contributed by atoms with Crippen molar-refractivity contribution >= 4 is 21.8 Å². The normalized spacial score (nSPS) is 11.8. The van der Waals surface area contributed by atoms with E-state index in [0.717, 1.165) is 29.3 Å². The largest absolute Gasteiger partial charge is 0.493 e. The highest BCUT2D eigenvalue weighted by Gasteiger charge is 2.18. The quantitative estimate of drug-likeness (QED) is 0.604. The van der Waals surface area contributed by atoms with Crippen molar-refractivity contribution in [3.05, 3.63) is 64.1 Å². The topological polar surface area (TPSA) is 38.3 Å². The molecule has 0 aliphatic heterocycles. The molecule has 1 unspecified atom stereocenters. The van der Waals surface area contributed by atoms with Crippen molar-refractivity contribution in [3.8, 4) is 5.75 Å². The Morgan fingerprint density at radius 3 is 2.58 bits per heavy atom.